The van der Waals surface area contributed by atoms with Crippen molar-refractivity contribution in [3.05, 3.63) is 34.9 Å². The number of fused-ring (bicyclic) bond motifs is 1. The quantitative estimate of drug-likeness (QED) is 0.697. The van der Waals surface area contributed by atoms with Crippen molar-refractivity contribution >= 4 is 17.4 Å². The fraction of sp³-hybridized carbons (Fsp3) is 0.476. The maximum atomic E-state index is 11.7. The van der Waals surface area contributed by atoms with Gasteiger partial charge in [0.05, 0.1) is 5.69 Å². The molecule has 0 unspecified atom stereocenters. The third kappa shape index (κ3) is 3.04. The summed E-state index contributed by atoms with van der Waals surface area (Å²) in [4.78, 5) is 20.7. The lowest BCUT2D eigenvalue weighted by Crippen LogP contribution is -2.49. The van der Waals surface area contributed by atoms with Gasteiger partial charge in [0.1, 0.15) is 17.3 Å². The second-order valence-electron chi connectivity index (χ2n) is 7.47. The molecule has 7 heteroatoms. The van der Waals surface area contributed by atoms with Crippen LogP contribution in [0.4, 0.5) is 5.82 Å². The first-order chi connectivity index (χ1) is 13.4. The van der Waals surface area contributed by atoms with Gasteiger partial charge in [-0.15, -0.1) is 0 Å². The predicted molar refractivity (Wildman–Crippen MR) is 109 cm³/mol. The summed E-state index contributed by atoms with van der Waals surface area (Å²) >= 11 is 0. The lowest BCUT2D eigenvalue weighted by molar-refractivity contribution is -0.129. The highest BCUT2D eigenvalue weighted by atomic mass is 16.3. The highest BCUT2D eigenvalue weighted by Gasteiger charge is 2.25. The number of piperazine rings is 1. The van der Waals surface area contributed by atoms with Crippen LogP contribution in [0.2, 0.25) is 0 Å². The molecular weight excluding hydrogens is 354 g/mol. The van der Waals surface area contributed by atoms with Crippen LogP contribution in [0.1, 0.15) is 36.6 Å². The monoisotopic (exact) mass is 381 g/mol. The maximum Gasteiger partial charge on any atom is 0.219 e. The molecule has 1 saturated heterocycles. The molecule has 0 aliphatic carbocycles. The molecule has 28 heavy (non-hydrogen) atoms. The molecule has 1 amide bonds. The average molecular weight is 381 g/mol. The Hall–Kier alpha value is -2.83. The van der Waals surface area contributed by atoms with E-state index in [1.165, 1.54) is 5.56 Å². The van der Waals surface area contributed by atoms with Crippen molar-refractivity contribution in [1.82, 2.24) is 19.5 Å². The normalized spacial score (nSPS) is 14.9. The molecule has 0 aromatic carbocycles. The number of nitrogens with zero attached hydrogens (tertiary/aromatic N) is 5. The molecule has 0 N–H and O–H groups in total. The van der Waals surface area contributed by atoms with Crippen LogP contribution < -0.4 is 4.90 Å². The van der Waals surface area contributed by atoms with Crippen LogP contribution in [0, 0.1) is 20.8 Å². The Bertz CT molecular complexity index is 1040. The molecule has 1 aliphatic rings. The molecule has 0 spiro atoms. The lowest BCUT2D eigenvalue weighted by atomic mass is 10.1. The largest absolute Gasteiger partial charge is 0.466 e. The average Bonchev–Trinajstić information content (AvgIpc) is 3.22. The Morgan fingerprint density at radius 2 is 1.86 bits per heavy atom. The number of aromatic nitrogens is 3. The van der Waals surface area contributed by atoms with Gasteiger partial charge in [-0.1, -0.05) is 6.92 Å². The van der Waals surface area contributed by atoms with Crippen molar-refractivity contribution in [2.24, 2.45) is 0 Å². The van der Waals surface area contributed by atoms with Crippen LogP contribution in [0.3, 0.4) is 0 Å². The number of carbonyl (C=O) groups excluding carboxylic acids is 1. The molecular formula is C21H27N5O2. The zero-order valence-electron chi connectivity index (χ0n) is 17.2. The molecule has 3 aromatic heterocycles. The Labute approximate surface area is 164 Å². The summed E-state index contributed by atoms with van der Waals surface area (Å²) in [6.45, 7) is 12.8. The summed E-state index contributed by atoms with van der Waals surface area (Å²) in [5.41, 5.74) is 4.96. The van der Waals surface area contributed by atoms with E-state index in [-0.39, 0.29) is 5.91 Å². The molecule has 4 heterocycles. The van der Waals surface area contributed by atoms with E-state index in [2.05, 4.69) is 18.7 Å². The predicted octanol–water partition coefficient (Wildman–Crippen LogP) is 3.15. The molecule has 1 aliphatic heterocycles. The molecule has 1 fully saturated rings. The van der Waals surface area contributed by atoms with E-state index in [0.717, 1.165) is 72.5 Å². The summed E-state index contributed by atoms with van der Waals surface area (Å²) in [5, 5.41) is 4.91. The van der Waals surface area contributed by atoms with Crippen molar-refractivity contribution in [1.29, 1.82) is 0 Å². The smallest absolute Gasteiger partial charge is 0.219 e. The van der Waals surface area contributed by atoms with Gasteiger partial charge in [-0.05, 0) is 33.3 Å². The number of carbonyl (C=O) groups is 1. The first-order valence-corrected chi connectivity index (χ1v) is 9.86. The van der Waals surface area contributed by atoms with Crippen molar-refractivity contribution < 1.29 is 9.21 Å². The lowest BCUT2D eigenvalue weighted by Gasteiger charge is -2.36. The van der Waals surface area contributed by atoms with Gasteiger partial charge >= 0.3 is 0 Å². The minimum atomic E-state index is 0.138. The van der Waals surface area contributed by atoms with E-state index in [1.54, 1.807) is 6.92 Å². The minimum Gasteiger partial charge on any atom is -0.466 e. The van der Waals surface area contributed by atoms with Crippen LogP contribution in [0.25, 0.3) is 16.9 Å². The van der Waals surface area contributed by atoms with Crippen LogP contribution in [0.15, 0.2) is 16.5 Å². The molecule has 0 saturated carbocycles. The number of furan rings is 1. The van der Waals surface area contributed by atoms with E-state index in [4.69, 9.17) is 14.5 Å². The Morgan fingerprint density at radius 1 is 1.14 bits per heavy atom. The summed E-state index contributed by atoms with van der Waals surface area (Å²) in [6.07, 6.45) is 0.885. The third-order valence-corrected chi connectivity index (χ3v) is 5.58. The first kappa shape index (κ1) is 18.5. The Balaban J connectivity index is 1.82. The summed E-state index contributed by atoms with van der Waals surface area (Å²) in [7, 11) is 0. The SMILES string of the molecule is CCc1c(C)nc2cc(-c3cc(C)oc3C)nn2c1N1CCN(C(C)=O)CC1. The molecule has 0 atom stereocenters. The molecule has 0 bridgehead atoms. The zero-order valence-corrected chi connectivity index (χ0v) is 17.2. The first-order valence-electron chi connectivity index (χ1n) is 9.86. The molecule has 7 nitrogen and oxygen atoms in total. The van der Waals surface area contributed by atoms with Crippen molar-refractivity contribution in [3.63, 3.8) is 0 Å². The van der Waals surface area contributed by atoms with E-state index < -0.39 is 0 Å². The van der Waals surface area contributed by atoms with Gasteiger partial charge in [0, 0.05) is 56.0 Å². The van der Waals surface area contributed by atoms with Crippen LogP contribution >= 0.6 is 0 Å². The van der Waals surface area contributed by atoms with Crippen LogP contribution in [-0.2, 0) is 11.2 Å². The van der Waals surface area contributed by atoms with E-state index in [0.29, 0.717) is 0 Å². The number of rotatable bonds is 3. The number of aryl methyl sites for hydroxylation is 3. The minimum absolute atomic E-state index is 0.138. The molecule has 148 valence electrons. The van der Waals surface area contributed by atoms with Gasteiger partial charge in [0.2, 0.25) is 5.91 Å². The topological polar surface area (TPSA) is 66.9 Å². The van der Waals surface area contributed by atoms with Crippen molar-refractivity contribution in [2.45, 2.75) is 41.0 Å². The number of anilines is 1. The maximum absolute atomic E-state index is 11.7. The highest BCUT2D eigenvalue weighted by Crippen LogP contribution is 2.31. The fourth-order valence-corrected chi connectivity index (χ4v) is 4.12. The third-order valence-electron chi connectivity index (χ3n) is 5.58. The highest BCUT2D eigenvalue weighted by molar-refractivity contribution is 5.74. The summed E-state index contributed by atoms with van der Waals surface area (Å²) in [6, 6.07) is 4.05. The zero-order chi connectivity index (χ0) is 20.0. The summed E-state index contributed by atoms with van der Waals surface area (Å²) in [5.74, 6) is 2.98. The Morgan fingerprint density at radius 3 is 2.43 bits per heavy atom. The molecule has 3 aromatic rings. The van der Waals surface area contributed by atoms with Crippen LogP contribution in [-0.4, -0.2) is 51.6 Å². The number of hydrogen-bond acceptors (Lipinski definition) is 5. The Kier molecular flexibility index (Phi) is 4.61. The second-order valence-corrected chi connectivity index (χ2v) is 7.47. The van der Waals surface area contributed by atoms with Gasteiger partial charge in [-0.2, -0.15) is 9.61 Å². The van der Waals surface area contributed by atoms with E-state index >= 15 is 0 Å². The van der Waals surface area contributed by atoms with Gasteiger partial charge in [-0.25, -0.2) is 4.98 Å². The standard InChI is InChI=1S/C21H27N5O2/c1-6-17-14(3)22-20-12-19(18-11-13(2)28-15(18)4)23-26(20)21(17)25-9-7-24(8-10-25)16(5)27/h11-12H,6-10H2,1-5H3. The fourth-order valence-electron chi connectivity index (χ4n) is 4.12. The molecule has 0 radical (unpaired) electrons. The number of hydrogen-bond donors (Lipinski definition) is 0. The van der Waals surface area contributed by atoms with Gasteiger partial charge in [0.15, 0.2) is 5.65 Å². The molecule has 4 rings (SSSR count). The van der Waals surface area contributed by atoms with E-state index in [9.17, 15) is 4.79 Å². The number of amides is 1. The van der Waals surface area contributed by atoms with E-state index in [1.807, 2.05) is 35.4 Å². The van der Waals surface area contributed by atoms with Gasteiger partial charge < -0.3 is 14.2 Å². The second kappa shape index (κ2) is 6.96. The van der Waals surface area contributed by atoms with Crippen molar-refractivity contribution in [3.8, 4) is 11.3 Å². The summed E-state index contributed by atoms with van der Waals surface area (Å²) < 4.78 is 7.66. The van der Waals surface area contributed by atoms with Crippen molar-refractivity contribution in [2.75, 3.05) is 31.1 Å². The van der Waals surface area contributed by atoms with Gasteiger partial charge in [0.25, 0.3) is 0 Å². The van der Waals surface area contributed by atoms with Crippen LogP contribution in [0.5, 0.6) is 0 Å². The van der Waals surface area contributed by atoms with Gasteiger partial charge in [-0.3, -0.25) is 4.79 Å².